The molecular weight excluding hydrogens is 282 g/mol. The number of benzene rings is 1. The molecule has 22 heavy (non-hydrogen) atoms. The molecule has 0 aliphatic carbocycles. The number of hydrogen-bond donors (Lipinski definition) is 2. The zero-order valence-corrected chi connectivity index (χ0v) is 12.5. The lowest BCUT2D eigenvalue weighted by atomic mass is 10.0. The van der Waals surface area contributed by atoms with Gasteiger partial charge in [0, 0.05) is 37.2 Å². The first kappa shape index (κ1) is 14.8. The molecule has 0 fully saturated rings. The summed E-state index contributed by atoms with van der Waals surface area (Å²) >= 11 is 0. The van der Waals surface area contributed by atoms with E-state index in [1.807, 2.05) is 41.3 Å². The van der Waals surface area contributed by atoms with Crippen molar-refractivity contribution < 1.29 is 19.4 Å². The SMILES string of the molecule is CC(O)(CN1CCc2oc(-c3ccccc3)cc2C1)C(=O)O. The van der Waals surface area contributed by atoms with Crippen LogP contribution >= 0.6 is 0 Å². The molecule has 1 aliphatic heterocycles. The van der Waals surface area contributed by atoms with Crippen LogP contribution in [0.2, 0.25) is 0 Å². The minimum absolute atomic E-state index is 0.105. The summed E-state index contributed by atoms with van der Waals surface area (Å²) in [5, 5.41) is 18.9. The Morgan fingerprint density at radius 2 is 2.09 bits per heavy atom. The van der Waals surface area contributed by atoms with Crippen LogP contribution in [0.4, 0.5) is 0 Å². The Kier molecular flexibility index (Phi) is 3.76. The second kappa shape index (κ2) is 5.59. The molecule has 0 saturated heterocycles. The summed E-state index contributed by atoms with van der Waals surface area (Å²) < 4.78 is 5.91. The Bertz CT molecular complexity index is 675. The number of nitrogens with zero attached hydrogens (tertiary/aromatic N) is 1. The number of aliphatic carboxylic acids is 1. The highest BCUT2D eigenvalue weighted by Gasteiger charge is 2.34. The number of rotatable bonds is 4. The van der Waals surface area contributed by atoms with Gasteiger partial charge in [0.05, 0.1) is 0 Å². The van der Waals surface area contributed by atoms with Crippen LogP contribution in [0.1, 0.15) is 18.2 Å². The van der Waals surface area contributed by atoms with Crippen molar-refractivity contribution in [2.45, 2.75) is 25.5 Å². The van der Waals surface area contributed by atoms with Crippen molar-refractivity contribution in [1.29, 1.82) is 0 Å². The summed E-state index contributed by atoms with van der Waals surface area (Å²) in [5.41, 5.74) is 0.357. The van der Waals surface area contributed by atoms with E-state index in [9.17, 15) is 9.90 Å². The van der Waals surface area contributed by atoms with Crippen molar-refractivity contribution in [3.05, 3.63) is 47.7 Å². The first-order valence-corrected chi connectivity index (χ1v) is 7.31. The average molecular weight is 301 g/mol. The van der Waals surface area contributed by atoms with Crippen molar-refractivity contribution in [3.8, 4) is 11.3 Å². The normalized spacial score (nSPS) is 17.7. The summed E-state index contributed by atoms with van der Waals surface area (Å²) in [6, 6.07) is 11.9. The molecule has 116 valence electrons. The second-order valence-corrected chi connectivity index (χ2v) is 5.96. The van der Waals surface area contributed by atoms with Crippen LogP contribution in [0, 0.1) is 0 Å². The third-order valence-electron chi connectivity index (χ3n) is 4.00. The van der Waals surface area contributed by atoms with Gasteiger partial charge in [-0.1, -0.05) is 30.3 Å². The topological polar surface area (TPSA) is 73.9 Å². The summed E-state index contributed by atoms with van der Waals surface area (Å²) in [6.07, 6.45) is 0.720. The Labute approximate surface area is 128 Å². The lowest BCUT2D eigenvalue weighted by molar-refractivity contribution is -0.158. The van der Waals surface area contributed by atoms with E-state index in [0.29, 0.717) is 13.1 Å². The van der Waals surface area contributed by atoms with Gasteiger partial charge in [-0.05, 0) is 13.0 Å². The molecular formula is C17H19NO4. The first-order valence-electron chi connectivity index (χ1n) is 7.31. The van der Waals surface area contributed by atoms with Crippen LogP contribution < -0.4 is 0 Å². The van der Waals surface area contributed by atoms with Crippen LogP contribution in [0.15, 0.2) is 40.8 Å². The van der Waals surface area contributed by atoms with Gasteiger partial charge in [-0.3, -0.25) is 4.90 Å². The molecule has 2 aromatic rings. The fourth-order valence-corrected chi connectivity index (χ4v) is 2.77. The smallest absolute Gasteiger partial charge is 0.336 e. The maximum absolute atomic E-state index is 11.0. The number of carbonyl (C=O) groups is 1. The number of furan rings is 1. The van der Waals surface area contributed by atoms with Gasteiger partial charge in [0.15, 0.2) is 5.60 Å². The lowest BCUT2D eigenvalue weighted by Crippen LogP contribution is -2.47. The number of carboxylic acids is 1. The van der Waals surface area contributed by atoms with Crippen LogP contribution in [-0.2, 0) is 17.8 Å². The molecule has 0 radical (unpaired) electrons. The van der Waals surface area contributed by atoms with E-state index < -0.39 is 11.6 Å². The van der Waals surface area contributed by atoms with Crippen LogP contribution in [0.25, 0.3) is 11.3 Å². The Hall–Kier alpha value is -2.11. The molecule has 1 atom stereocenters. The van der Waals surface area contributed by atoms with Crippen molar-refractivity contribution in [2.24, 2.45) is 0 Å². The fourth-order valence-electron chi connectivity index (χ4n) is 2.77. The molecule has 1 aromatic carbocycles. The molecule has 5 nitrogen and oxygen atoms in total. The van der Waals surface area contributed by atoms with Crippen molar-refractivity contribution in [1.82, 2.24) is 4.90 Å². The van der Waals surface area contributed by atoms with E-state index in [1.54, 1.807) is 0 Å². The molecule has 0 saturated carbocycles. The zero-order chi connectivity index (χ0) is 15.7. The van der Waals surface area contributed by atoms with Gasteiger partial charge < -0.3 is 14.6 Å². The summed E-state index contributed by atoms with van der Waals surface area (Å²) in [7, 11) is 0. The van der Waals surface area contributed by atoms with Gasteiger partial charge in [-0.25, -0.2) is 4.79 Å². The van der Waals surface area contributed by atoms with Crippen LogP contribution in [-0.4, -0.2) is 39.8 Å². The third-order valence-corrected chi connectivity index (χ3v) is 4.00. The maximum Gasteiger partial charge on any atom is 0.336 e. The summed E-state index contributed by atoms with van der Waals surface area (Å²) in [5.74, 6) is 0.581. The minimum Gasteiger partial charge on any atom is -0.479 e. The predicted octanol–water partition coefficient (Wildman–Crippen LogP) is 2.14. The molecule has 2 N–H and O–H groups in total. The van der Waals surface area contributed by atoms with E-state index >= 15 is 0 Å². The first-order chi connectivity index (χ1) is 10.5. The van der Waals surface area contributed by atoms with Gasteiger partial charge in [0.1, 0.15) is 11.5 Å². The fraction of sp³-hybridized carbons (Fsp3) is 0.353. The Morgan fingerprint density at radius 1 is 1.36 bits per heavy atom. The largest absolute Gasteiger partial charge is 0.479 e. The van der Waals surface area contributed by atoms with Crippen LogP contribution in [0.3, 0.4) is 0 Å². The van der Waals surface area contributed by atoms with E-state index in [4.69, 9.17) is 9.52 Å². The minimum atomic E-state index is -1.73. The molecule has 2 heterocycles. The highest BCUT2D eigenvalue weighted by Crippen LogP contribution is 2.29. The Balaban J connectivity index is 1.77. The predicted molar refractivity (Wildman–Crippen MR) is 81.4 cm³/mol. The molecule has 3 rings (SSSR count). The van der Waals surface area contributed by atoms with E-state index in [0.717, 1.165) is 29.1 Å². The van der Waals surface area contributed by atoms with E-state index in [2.05, 4.69) is 0 Å². The number of hydrogen-bond acceptors (Lipinski definition) is 4. The lowest BCUT2D eigenvalue weighted by Gasteiger charge is -2.30. The van der Waals surface area contributed by atoms with Gasteiger partial charge in [-0.2, -0.15) is 0 Å². The molecule has 0 amide bonds. The second-order valence-electron chi connectivity index (χ2n) is 5.96. The highest BCUT2D eigenvalue weighted by atomic mass is 16.4. The van der Waals surface area contributed by atoms with Gasteiger partial charge in [0.25, 0.3) is 0 Å². The molecule has 0 bridgehead atoms. The molecule has 1 unspecified atom stereocenters. The van der Waals surface area contributed by atoms with Gasteiger partial charge in [0.2, 0.25) is 0 Å². The number of fused-ring (bicyclic) bond motifs is 1. The average Bonchev–Trinajstić information content (AvgIpc) is 2.91. The van der Waals surface area contributed by atoms with Gasteiger partial charge in [-0.15, -0.1) is 0 Å². The van der Waals surface area contributed by atoms with Gasteiger partial charge >= 0.3 is 5.97 Å². The molecule has 1 aliphatic rings. The molecule has 5 heteroatoms. The van der Waals surface area contributed by atoms with Crippen molar-refractivity contribution in [2.75, 3.05) is 13.1 Å². The van der Waals surface area contributed by atoms with Crippen LogP contribution in [0.5, 0.6) is 0 Å². The Morgan fingerprint density at radius 3 is 2.77 bits per heavy atom. The molecule has 1 aromatic heterocycles. The van der Waals surface area contributed by atoms with Crippen molar-refractivity contribution in [3.63, 3.8) is 0 Å². The van der Waals surface area contributed by atoms with E-state index in [1.165, 1.54) is 6.92 Å². The monoisotopic (exact) mass is 301 g/mol. The standard InChI is InChI=1S/C17H19NO4/c1-17(21,16(19)20)11-18-8-7-14-13(10-18)9-15(22-14)12-5-3-2-4-6-12/h2-6,9,21H,7-8,10-11H2,1H3,(H,19,20). The third kappa shape index (κ3) is 2.91. The molecule has 0 spiro atoms. The highest BCUT2D eigenvalue weighted by molar-refractivity contribution is 5.76. The maximum atomic E-state index is 11.0. The summed E-state index contributed by atoms with van der Waals surface area (Å²) in [4.78, 5) is 13.0. The zero-order valence-electron chi connectivity index (χ0n) is 12.5. The number of carboxylic acid groups (broad SMARTS) is 1. The van der Waals surface area contributed by atoms with E-state index in [-0.39, 0.29) is 6.54 Å². The quantitative estimate of drug-likeness (QED) is 0.905. The van der Waals surface area contributed by atoms with Crippen molar-refractivity contribution >= 4 is 5.97 Å². The summed E-state index contributed by atoms with van der Waals surface area (Å²) in [6.45, 7) is 2.70. The number of β-amino-alcohol motifs (C(OH)–C–C–N with tert-alkyl or cyclic N) is 1. The number of aliphatic hydroxyl groups is 1.